The molecule has 18 heavy (non-hydrogen) atoms. The Bertz CT molecular complexity index is 457. The lowest BCUT2D eigenvalue weighted by Gasteiger charge is -2.31. The van der Waals surface area contributed by atoms with Crippen molar-refractivity contribution in [3.8, 4) is 0 Å². The van der Waals surface area contributed by atoms with Crippen molar-refractivity contribution in [3.63, 3.8) is 0 Å². The molecule has 0 radical (unpaired) electrons. The van der Waals surface area contributed by atoms with Gasteiger partial charge in [-0.3, -0.25) is 9.59 Å². The lowest BCUT2D eigenvalue weighted by atomic mass is 9.94. The normalized spacial score (nSPS) is 19.8. The summed E-state index contributed by atoms with van der Waals surface area (Å²) in [6.07, 6.45) is 3.13. The molecule has 0 spiro atoms. The largest absolute Gasteiger partial charge is 0.481 e. The van der Waals surface area contributed by atoms with Gasteiger partial charge in [-0.2, -0.15) is 0 Å². The molecule has 0 saturated carbocycles. The van der Waals surface area contributed by atoms with Gasteiger partial charge < -0.3 is 14.4 Å². The zero-order chi connectivity index (χ0) is 13.1. The van der Waals surface area contributed by atoms with E-state index in [2.05, 4.69) is 0 Å². The molecule has 1 aliphatic rings. The summed E-state index contributed by atoms with van der Waals surface area (Å²) < 4.78 is 4.89. The van der Waals surface area contributed by atoms with E-state index in [4.69, 9.17) is 21.1 Å². The second-order valence-electron chi connectivity index (χ2n) is 4.47. The first-order chi connectivity index (χ1) is 8.58. The van der Waals surface area contributed by atoms with Gasteiger partial charge in [-0.05, 0) is 36.4 Å². The van der Waals surface area contributed by atoms with Gasteiger partial charge >= 0.3 is 5.97 Å². The molecule has 0 bridgehead atoms. The number of aliphatic carboxylic acids is 1. The average Bonchev–Trinajstić information content (AvgIpc) is 2.74. The molecule has 1 N–H and O–H groups in total. The molecular weight excluding hydrogens is 258 g/mol. The van der Waals surface area contributed by atoms with Gasteiger partial charge in [-0.15, -0.1) is 0 Å². The maximum absolute atomic E-state index is 12.1. The summed E-state index contributed by atoms with van der Waals surface area (Å²) in [4.78, 5) is 24.5. The summed E-state index contributed by atoms with van der Waals surface area (Å²) in [5.41, 5.74) is 0.340. The van der Waals surface area contributed by atoms with Gasteiger partial charge in [0.05, 0.1) is 11.8 Å². The summed E-state index contributed by atoms with van der Waals surface area (Å²) in [6, 6.07) is 1.53. The van der Waals surface area contributed by atoms with Gasteiger partial charge in [0.15, 0.2) is 0 Å². The second kappa shape index (κ2) is 5.44. The first kappa shape index (κ1) is 13.0. The Morgan fingerprint density at radius 1 is 1.56 bits per heavy atom. The van der Waals surface area contributed by atoms with E-state index in [9.17, 15) is 9.59 Å². The van der Waals surface area contributed by atoms with E-state index in [0.29, 0.717) is 18.7 Å². The standard InChI is InChI=1S/C12H14ClNO4/c13-11-9(3-5-18-11)12(17)14-4-1-2-8(7-14)6-10(15)16/h3,5,8H,1-2,4,6-7H2,(H,15,16). The number of hydrogen-bond donors (Lipinski definition) is 1. The third-order valence-electron chi connectivity index (χ3n) is 3.12. The fourth-order valence-electron chi connectivity index (χ4n) is 2.28. The highest BCUT2D eigenvalue weighted by Gasteiger charge is 2.27. The maximum Gasteiger partial charge on any atom is 0.303 e. The molecule has 6 heteroatoms. The lowest BCUT2D eigenvalue weighted by Crippen LogP contribution is -2.40. The van der Waals surface area contributed by atoms with E-state index < -0.39 is 5.97 Å². The molecule has 1 atom stereocenters. The number of furan rings is 1. The maximum atomic E-state index is 12.1. The zero-order valence-electron chi connectivity index (χ0n) is 9.76. The van der Waals surface area contributed by atoms with Gasteiger partial charge in [0, 0.05) is 19.5 Å². The third kappa shape index (κ3) is 2.85. The van der Waals surface area contributed by atoms with E-state index >= 15 is 0 Å². The molecule has 0 aromatic carbocycles. The Morgan fingerprint density at radius 2 is 2.33 bits per heavy atom. The van der Waals surface area contributed by atoms with Crippen LogP contribution in [-0.2, 0) is 4.79 Å². The SMILES string of the molecule is O=C(O)CC1CCCN(C(=O)c2ccoc2Cl)C1. The van der Waals surface area contributed by atoms with Crippen LogP contribution in [0.15, 0.2) is 16.7 Å². The van der Waals surface area contributed by atoms with Crippen LogP contribution in [0, 0.1) is 5.92 Å². The van der Waals surface area contributed by atoms with Crippen LogP contribution in [-0.4, -0.2) is 35.0 Å². The Hall–Kier alpha value is -1.49. The highest BCUT2D eigenvalue weighted by atomic mass is 35.5. The Kier molecular flexibility index (Phi) is 3.91. The van der Waals surface area contributed by atoms with Gasteiger partial charge in [-0.1, -0.05) is 0 Å². The topological polar surface area (TPSA) is 70.8 Å². The number of rotatable bonds is 3. The molecule has 1 aromatic rings. The molecular formula is C12H14ClNO4. The summed E-state index contributed by atoms with van der Waals surface area (Å²) in [7, 11) is 0. The number of likely N-dealkylation sites (tertiary alicyclic amines) is 1. The van der Waals surface area contributed by atoms with E-state index in [0.717, 1.165) is 12.8 Å². The number of carbonyl (C=O) groups is 2. The number of carbonyl (C=O) groups excluding carboxylic acids is 1. The van der Waals surface area contributed by atoms with Crippen LogP contribution in [0.3, 0.4) is 0 Å². The van der Waals surface area contributed by atoms with Crippen LogP contribution in [0.2, 0.25) is 5.22 Å². The van der Waals surface area contributed by atoms with Crippen molar-refractivity contribution >= 4 is 23.5 Å². The van der Waals surface area contributed by atoms with Gasteiger partial charge in [0.2, 0.25) is 5.22 Å². The van der Waals surface area contributed by atoms with Crippen molar-refractivity contribution in [1.82, 2.24) is 4.90 Å². The van der Waals surface area contributed by atoms with Crippen molar-refractivity contribution < 1.29 is 19.1 Å². The smallest absolute Gasteiger partial charge is 0.303 e. The predicted molar refractivity (Wildman–Crippen MR) is 64.6 cm³/mol. The summed E-state index contributed by atoms with van der Waals surface area (Å²) in [5.74, 6) is -0.995. The number of halogens is 1. The third-order valence-corrected chi connectivity index (χ3v) is 3.41. The number of carboxylic acids is 1. The van der Waals surface area contributed by atoms with E-state index in [1.54, 1.807) is 4.90 Å². The van der Waals surface area contributed by atoms with Crippen molar-refractivity contribution in [2.45, 2.75) is 19.3 Å². The number of amides is 1. The molecule has 1 aromatic heterocycles. The number of piperidine rings is 1. The highest BCUT2D eigenvalue weighted by molar-refractivity contribution is 6.32. The van der Waals surface area contributed by atoms with E-state index in [-0.39, 0.29) is 23.5 Å². The minimum Gasteiger partial charge on any atom is -0.481 e. The van der Waals surface area contributed by atoms with Crippen LogP contribution in [0.1, 0.15) is 29.6 Å². The van der Waals surface area contributed by atoms with Crippen molar-refractivity contribution in [3.05, 3.63) is 23.1 Å². The number of carboxylic acid groups (broad SMARTS) is 1. The molecule has 1 saturated heterocycles. The van der Waals surface area contributed by atoms with Crippen LogP contribution < -0.4 is 0 Å². The van der Waals surface area contributed by atoms with Crippen molar-refractivity contribution in [1.29, 1.82) is 0 Å². The first-order valence-corrected chi connectivity index (χ1v) is 6.19. The van der Waals surface area contributed by atoms with E-state index in [1.165, 1.54) is 12.3 Å². The van der Waals surface area contributed by atoms with Gasteiger partial charge in [-0.25, -0.2) is 0 Å². The number of hydrogen-bond acceptors (Lipinski definition) is 3. The average molecular weight is 272 g/mol. The zero-order valence-corrected chi connectivity index (χ0v) is 10.5. The molecule has 98 valence electrons. The molecule has 1 unspecified atom stereocenters. The van der Waals surface area contributed by atoms with E-state index in [1.807, 2.05) is 0 Å². The highest BCUT2D eigenvalue weighted by Crippen LogP contribution is 2.24. The summed E-state index contributed by atoms with van der Waals surface area (Å²) >= 11 is 5.77. The first-order valence-electron chi connectivity index (χ1n) is 5.82. The Labute approximate surface area is 109 Å². The molecule has 1 aliphatic heterocycles. The molecule has 1 amide bonds. The molecule has 2 rings (SSSR count). The van der Waals surface area contributed by atoms with Crippen LogP contribution in [0.5, 0.6) is 0 Å². The quantitative estimate of drug-likeness (QED) is 0.915. The van der Waals surface area contributed by atoms with Crippen LogP contribution in [0.25, 0.3) is 0 Å². The fraction of sp³-hybridized carbons (Fsp3) is 0.500. The molecule has 5 nitrogen and oxygen atoms in total. The fourth-order valence-corrected chi connectivity index (χ4v) is 2.47. The molecule has 0 aliphatic carbocycles. The van der Waals surface area contributed by atoms with Crippen molar-refractivity contribution in [2.24, 2.45) is 5.92 Å². The van der Waals surface area contributed by atoms with Crippen LogP contribution >= 0.6 is 11.6 Å². The molecule has 1 fully saturated rings. The van der Waals surface area contributed by atoms with Gasteiger partial charge in [0.25, 0.3) is 5.91 Å². The second-order valence-corrected chi connectivity index (χ2v) is 4.81. The summed E-state index contributed by atoms with van der Waals surface area (Å²) in [5, 5.41) is 8.86. The predicted octanol–water partition coefficient (Wildman–Crippen LogP) is 2.26. The number of nitrogens with zero attached hydrogens (tertiary/aromatic N) is 1. The minimum atomic E-state index is -0.823. The van der Waals surface area contributed by atoms with Crippen molar-refractivity contribution in [2.75, 3.05) is 13.1 Å². The Morgan fingerprint density at radius 3 is 2.94 bits per heavy atom. The monoisotopic (exact) mass is 271 g/mol. The van der Waals surface area contributed by atoms with Crippen LogP contribution in [0.4, 0.5) is 0 Å². The minimum absolute atomic E-state index is 0.0193. The van der Waals surface area contributed by atoms with Gasteiger partial charge in [0.1, 0.15) is 0 Å². The summed E-state index contributed by atoms with van der Waals surface area (Å²) in [6.45, 7) is 1.10. The molecule has 2 heterocycles. The lowest BCUT2D eigenvalue weighted by molar-refractivity contribution is -0.138. The Balaban J connectivity index is 2.03.